The minimum atomic E-state index is -2.89. The number of hydrogen-bond acceptors (Lipinski definition) is 5. The van der Waals surface area contributed by atoms with Gasteiger partial charge < -0.3 is 22.1 Å². The van der Waals surface area contributed by atoms with Crippen molar-refractivity contribution in [3.8, 4) is 0 Å². The van der Waals surface area contributed by atoms with Crippen molar-refractivity contribution in [2.45, 2.75) is 44.8 Å². The lowest BCUT2D eigenvalue weighted by atomic mass is 9.94. The van der Waals surface area contributed by atoms with Crippen LogP contribution >= 0.6 is 0 Å². The van der Waals surface area contributed by atoms with E-state index in [0.717, 1.165) is 25.3 Å². The van der Waals surface area contributed by atoms with Crippen LogP contribution in [-0.2, 0) is 22.1 Å². The maximum absolute atomic E-state index is 6.36. The third kappa shape index (κ3) is 2.33. The summed E-state index contributed by atoms with van der Waals surface area (Å²) in [5, 5.41) is 0. The molecule has 0 amide bonds. The molecule has 0 saturated carbocycles. The van der Waals surface area contributed by atoms with E-state index in [1.54, 1.807) is 28.4 Å². The molecule has 0 aromatic carbocycles. The molecule has 1 aliphatic rings. The summed E-state index contributed by atoms with van der Waals surface area (Å²) < 4.78 is 29.2. The Morgan fingerprint density at radius 2 is 1.44 bits per heavy atom. The lowest BCUT2D eigenvalue weighted by molar-refractivity contribution is -0.0355. The summed E-state index contributed by atoms with van der Waals surface area (Å²) in [7, 11) is 1.16. The molecule has 0 bridgehead atoms. The van der Waals surface area contributed by atoms with Crippen LogP contribution in [0, 0.1) is 0 Å². The van der Waals surface area contributed by atoms with Crippen LogP contribution in [0.3, 0.4) is 0 Å². The highest BCUT2D eigenvalue weighted by atomic mass is 29.3. The first-order chi connectivity index (χ1) is 8.53. The fraction of sp³-hybridized carbons (Fsp3) is 1.00. The van der Waals surface area contributed by atoms with Gasteiger partial charge in [0, 0.05) is 28.4 Å². The van der Waals surface area contributed by atoms with Gasteiger partial charge in [-0.05, 0) is 25.3 Å². The van der Waals surface area contributed by atoms with E-state index in [9.17, 15) is 0 Å². The monoisotopic (exact) mass is 294 g/mol. The first kappa shape index (κ1) is 16.3. The summed E-state index contributed by atoms with van der Waals surface area (Å²) in [5.74, 6) is 0. The van der Waals surface area contributed by atoms with E-state index in [4.69, 9.17) is 22.1 Å². The van der Waals surface area contributed by atoms with Gasteiger partial charge in [0.05, 0.1) is 5.60 Å². The van der Waals surface area contributed by atoms with Crippen LogP contribution in [0.2, 0.25) is 6.04 Å². The normalized spacial score (nSPS) is 25.0. The van der Waals surface area contributed by atoms with E-state index in [0.29, 0.717) is 0 Å². The molecular weight excluding hydrogens is 268 g/mol. The summed E-state index contributed by atoms with van der Waals surface area (Å²) in [6.45, 7) is 4.28. The topological polar surface area (TPSA) is 46.2 Å². The molecule has 5 nitrogen and oxygen atoms in total. The Labute approximate surface area is 112 Å². The Hall–Kier alpha value is 0.234. The minimum Gasteiger partial charge on any atom is -0.395 e. The molecule has 0 atom stereocenters. The molecule has 1 saturated heterocycles. The highest BCUT2D eigenvalue weighted by Crippen LogP contribution is 2.43. The zero-order valence-corrected chi connectivity index (χ0v) is 14.4. The third-order valence-corrected chi connectivity index (χ3v) is 15.5. The molecule has 1 fully saturated rings. The van der Waals surface area contributed by atoms with Gasteiger partial charge in [-0.1, -0.05) is 13.8 Å². The highest BCUT2D eigenvalue weighted by molar-refractivity contribution is 7.29. The highest BCUT2D eigenvalue weighted by Gasteiger charge is 2.71. The SMILES string of the molecule is CCC1(CC)CC[Si](OC)(OC)[Si](OC)(OC)O1. The van der Waals surface area contributed by atoms with Crippen molar-refractivity contribution in [3.05, 3.63) is 0 Å². The maximum atomic E-state index is 6.36. The van der Waals surface area contributed by atoms with Crippen LogP contribution in [0.15, 0.2) is 0 Å². The Bertz CT molecular complexity index is 262. The lowest BCUT2D eigenvalue weighted by Gasteiger charge is -2.50. The summed E-state index contributed by atoms with van der Waals surface area (Å²) >= 11 is 0. The molecule has 1 rings (SSSR count). The second-order valence-corrected chi connectivity index (χ2v) is 13.7. The molecule has 0 aromatic rings. The van der Waals surface area contributed by atoms with Crippen LogP contribution in [0.5, 0.6) is 0 Å². The van der Waals surface area contributed by atoms with Crippen molar-refractivity contribution in [2.75, 3.05) is 28.4 Å². The fourth-order valence-electron chi connectivity index (χ4n) is 2.72. The third-order valence-electron chi connectivity index (χ3n) is 4.21. The Morgan fingerprint density at radius 3 is 1.78 bits per heavy atom. The fourth-order valence-corrected chi connectivity index (χ4v) is 12.7. The van der Waals surface area contributed by atoms with Gasteiger partial charge >= 0.3 is 16.4 Å². The Kier molecular flexibility index (Phi) is 5.54. The van der Waals surface area contributed by atoms with Crippen molar-refractivity contribution in [3.63, 3.8) is 0 Å². The Balaban J connectivity index is 3.14. The van der Waals surface area contributed by atoms with Crippen molar-refractivity contribution in [1.29, 1.82) is 0 Å². The number of rotatable bonds is 6. The largest absolute Gasteiger partial charge is 0.539 e. The van der Waals surface area contributed by atoms with Gasteiger partial charge in [0.25, 0.3) is 0 Å². The van der Waals surface area contributed by atoms with Gasteiger partial charge in [-0.2, -0.15) is 0 Å². The van der Waals surface area contributed by atoms with Crippen LogP contribution in [0.25, 0.3) is 0 Å². The van der Waals surface area contributed by atoms with Crippen molar-refractivity contribution >= 4 is 16.4 Å². The van der Waals surface area contributed by atoms with E-state index in [1.807, 2.05) is 0 Å². The standard InChI is InChI=1S/C11H26O5Si2/c1-7-11(8-2)9-10-17(12-3,13-4)18(14-5,15-6)16-11/h7-10H2,1-6H3. The molecule has 7 heteroatoms. The van der Waals surface area contributed by atoms with Gasteiger partial charge in [-0.3, -0.25) is 0 Å². The minimum absolute atomic E-state index is 0.161. The lowest BCUT2D eigenvalue weighted by Crippen LogP contribution is -2.75. The molecule has 18 heavy (non-hydrogen) atoms. The zero-order valence-electron chi connectivity index (χ0n) is 12.4. The predicted octanol–water partition coefficient (Wildman–Crippen LogP) is 2.01. The molecule has 1 aliphatic heterocycles. The summed E-state index contributed by atoms with van der Waals surface area (Å²) in [5.41, 5.74) is -0.161. The van der Waals surface area contributed by atoms with Gasteiger partial charge in [-0.25, -0.2) is 0 Å². The summed E-state index contributed by atoms with van der Waals surface area (Å²) in [6.07, 6.45) is 2.83. The summed E-state index contributed by atoms with van der Waals surface area (Å²) in [6, 6.07) is 0.857. The molecule has 0 unspecified atom stereocenters. The smallest absolute Gasteiger partial charge is 0.395 e. The average molecular weight is 294 g/mol. The molecule has 0 spiro atoms. The quantitative estimate of drug-likeness (QED) is 0.701. The molecule has 0 aromatic heterocycles. The van der Waals surface area contributed by atoms with Gasteiger partial charge in [0.1, 0.15) is 0 Å². The molecule has 0 aliphatic carbocycles. The van der Waals surface area contributed by atoms with Crippen LogP contribution < -0.4 is 0 Å². The van der Waals surface area contributed by atoms with Crippen LogP contribution in [-0.4, -0.2) is 50.4 Å². The van der Waals surface area contributed by atoms with E-state index in [-0.39, 0.29) is 5.60 Å². The van der Waals surface area contributed by atoms with Crippen molar-refractivity contribution in [1.82, 2.24) is 0 Å². The van der Waals surface area contributed by atoms with E-state index >= 15 is 0 Å². The molecule has 1 heterocycles. The Morgan fingerprint density at radius 1 is 0.944 bits per heavy atom. The van der Waals surface area contributed by atoms with Crippen LogP contribution in [0.1, 0.15) is 33.1 Å². The molecule has 108 valence electrons. The first-order valence-corrected chi connectivity index (χ1v) is 11.2. The van der Waals surface area contributed by atoms with Gasteiger partial charge in [0.2, 0.25) is 0 Å². The van der Waals surface area contributed by atoms with Crippen molar-refractivity contribution in [2.24, 2.45) is 0 Å². The number of hydrogen-bond donors (Lipinski definition) is 0. The second-order valence-electron chi connectivity index (χ2n) is 4.62. The second kappa shape index (κ2) is 6.12. The molecule has 0 N–H and O–H groups in total. The van der Waals surface area contributed by atoms with Crippen molar-refractivity contribution < 1.29 is 22.1 Å². The van der Waals surface area contributed by atoms with Gasteiger partial charge in [-0.15, -0.1) is 0 Å². The van der Waals surface area contributed by atoms with E-state index in [1.165, 1.54) is 0 Å². The first-order valence-electron chi connectivity index (χ1n) is 6.44. The maximum Gasteiger partial charge on any atom is 0.539 e. The molecule has 0 radical (unpaired) electrons. The average Bonchev–Trinajstić information content (AvgIpc) is 2.46. The van der Waals surface area contributed by atoms with Crippen LogP contribution in [0.4, 0.5) is 0 Å². The summed E-state index contributed by atoms with van der Waals surface area (Å²) in [4.78, 5) is 0. The molecular formula is C11H26O5Si2. The predicted molar refractivity (Wildman–Crippen MR) is 73.4 cm³/mol. The van der Waals surface area contributed by atoms with Gasteiger partial charge in [0.15, 0.2) is 0 Å². The van der Waals surface area contributed by atoms with E-state index < -0.39 is 16.4 Å². The zero-order chi connectivity index (χ0) is 13.9. The van der Waals surface area contributed by atoms with E-state index in [2.05, 4.69) is 13.8 Å².